The molecule has 0 bridgehead atoms. The summed E-state index contributed by atoms with van der Waals surface area (Å²) in [6.07, 6.45) is -4.42. The number of aromatic nitrogens is 1. The highest BCUT2D eigenvalue weighted by atomic mass is 35.5. The molecule has 0 unspecified atom stereocenters. The second kappa shape index (κ2) is 6.12. The van der Waals surface area contributed by atoms with Crippen molar-refractivity contribution in [2.24, 2.45) is 0 Å². The highest BCUT2D eigenvalue weighted by Crippen LogP contribution is 2.33. The van der Waals surface area contributed by atoms with E-state index in [9.17, 15) is 13.2 Å². The summed E-state index contributed by atoms with van der Waals surface area (Å²) in [7, 11) is 0. The van der Waals surface area contributed by atoms with E-state index < -0.39 is 12.8 Å². The fourth-order valence-electron chi connectivity index (χ4n) is 1.67. The predicted octanol–water partition coefficient (Wildman–Crippen LogP) is 5.30. The summed E-state index contributed by atoms with van der Waals surface area (Å²) in [5.41, 5.74) is 1.47. The number of alkyl halides is 3. The van der Waals surface area contributed by atoms with Crippen molar-refractivity contribution in [1.29, 1.82) is 0 Å². The average Bonchev–Trinajstić information content (AvgIpc) is 2.39. The zero-order valence-corrected chi connectivity index (χ0v) is 12.4. The van der Waals surface area contributed by atoms with E-state index in [1.807, 2.05) is 0 Å². The molecule has 0 spiro atoms. The molecule has 0 aliphatic rings. The molecule has 21 heavy (non-hydrogen) atoms. The molecule has 0 atom stereocenters. The average molecular weight is 336 g/mol. The van der Waals surface area contributed by atoms with Gasteiger partial charge in [0.1, 0.15) is 11.4 Å². The van der Waals surface area contributed by atoms with Gasteiger partial charge in [-0.25, -0.2) is 4.98 Å². The molecule has 2 rings (SSSR count). The number of rotatable bonds is 3. The number of benzene rings is 1. The first-order chi connectivity index (χ1) is 9.76. The molecular weight excluding hydrogens is 326 g/mol. The minimum absolute atomic E-state index is 0.0383. The van der Waals surface area contributed by atoms with Crippen LogP contribution in [0, 0.1) is 6.92 Å². The van der Waals surface area contributed by atoms with E-state index in [0.717, 1.165) is 0 Å². The lowest BCUT2D eigenvalue weighted by molar-refractivity contribution is -0.153. The summed E-state index contributed by atoms with van der Waals surface area (Å²) in [5, 5.41) is 0.644. The zero-order chi connectivity index (χ0) is 15.6. The van der Waals surface area contributed by atoms with Crippen LogP contribution in [0.3, 0.4) is 0 Å². The summed E-state index contributed by atoms with van der Waals surface area (Å²) >= 11 is 11.8. The SMILES string of the molecule is Cc1ccc(OCC(F)(F)F)c(-c2ccc(Cl)c(Cl)c2)n1. The van der Waals surface area contributed by atoms with Crippen LogP contribution < -0.4 is 4.74 Å². The molecule has 2 nitrogen and oxygen atoms in total. The molecule has 0 amide bonds. The largest absolute Gasteiger partial charge is 0.482 e. The van der Waals surface area contributed by atoms with E-state index in [4.69, 9.17) is 27.9 Å². The second-order valence-corrected chi connectivity index (χ2v) is 5.15. The van der Waals surface area contributed by atoms with Gasteiger partial charge < -0.3 is 4.74 Å². The first kappa shape index (κ1) is 15.9. The molecule has 1 aromatic heterocycles. The third-order valence-electron chi connectivity index (χ3n) is 2.58. The first-order valence-electron chi connectivity index (χ1n) is 5.89. The lowest BCUT2D eigenvalue weighted by Crippen LogP contribution is -2.19. The highest BCUT2D eigenvalue weighted by molar-refractivity contribution is 6.42. The molecule has 112 valence electrons. The lowest BCUT2D eigenvalue weighted by Gasteiger charge is -2.13. The molecule has 2 aromatic rings. The van der Waals surface area contributed by atoms with Crippen LogP contribution in [-0.2, 0) is 0 Å². The Morgan fingerprint density at radius 1 is 1.10 bits per heavy atom. The fraction of sp³-hybridized carbons (Fsp3) is 0.214. The number of ether oxygens (including phenoxy) is 1. The molecule has 1 aromatic carbocycles. The molecule has 0 saturated carbocycles. The van der Waals surface area contributed by atoms with Crippen molar-refractivity contribution in [2.75, 3.05) is 6.61 Å². The Kier molecular flexibility index (Phi) is 4.64. The molecule has 0 radical (unpaired) electrons. The monoisotopic (exact) mass is 335 g/mol. The Morgan fingerprint density at radius 2 is 1.81 bits per heavy atom. The Bertz CT molecular complexity index is 659. The quantitative estimate of drug-likeness (QED) is 0.758. The van der Waals surface area contributed by atoms with Crippen LogP contribution in [0.25, 0.3) is 11.3 Å². The van der Waals surface area contributed by atoms with Crippen molar-refractivity contribution < 1.29 is 17.9 Å². The van der Waals surface area contributed by atoms with E-state index in [2.05, 4.69) is 4.98 Å². The van der Waals surface area contributed by atoms with Crippen LogP contribution in [0.4, 0.5) is 13.2 Å². The van der Waals surface area contributed by atoms with E-state index in [1.54, 1.807) is 25.1 Å². The van der Waals surface area contributed by atoms with Crippen molar-refractivity contribution in [2.45, 2.75) is 13.1 Å². The van der Waals surface area contributed by atoms with Gasteiger partial charge in [-0.2, -0.15) is 13.2 Å². The molecule has 0 N–H and O–H groups in total. The first-order valence-corrected chi connectivity index (χ1v) is 6.64. The number of pyridine rings is 1. The number of nitrogens with zero attached hydrogens (tertiary/aromatic N) is 1. The normalized spacial score (nSPS) is 11.5. The summed E-state index contributed by atoms with van der Waals surface area (Å²) in [6, 6.07) is 7.73. The van der Waals surface area contributed by atoms with E-state index in [0.29, 0.717) is 21.3 Å². The van der Waals surface area contributed by atoms with Crippen molar-refractivity contribution in [3.05, 3.63) is 46.1 Å². The third kappa shape index (κ3) is 4.25. The topological polar surface area (TPSA) is 22.1 Å². The lowest BCUT2D eigenvalue weighted by atomic mass is 10.1. The van der Waals surface area contributed by atoms with Gasteiger partial charge >= 0.3 is 6.18 Å². The fourth-order valence-corrected chi connectivity index (χ4v) is 1.97. The number of aryl methyl sites for hydroxylation is 1. The maximum Gasteiger partial charge on any atom is 0.422 e. The van der Waals surface area contributed by atoms with E-state index in [1.165, 1.54) is 12.1 Å². The molecule has 7 heteroatoms. The summed E-state index contributed by atoms with van der Waals surface area (Å²) in [5.74, 6) is 0.0383. The van der Waals surface area contributed by atoms with Crippen LogP contribution in [0.15, 0.2) is 30.3 Å². The van der Waals surface area contributed by atoms with Crippen LogP contribution in [0.2, 0.25) is 10.0 Å². The summed E-state index contributed by atoms with van der Waals surface area (Å²) in [6.45, 7) is 0.348. The predicted molar refractivity (Wildman–Crippen MR) is 76.0 cm³/mol. The van der Waals surface area contributed by atoms with Crippen molar-refractivity contribution in [3.63, 3.8) is 0 Å². The van der Waals surface area contributed by atoms with Crippen molar-refractivity contribution >= 4 is 23.2 Å². The van der Waals surface area contributed by atoms with Gasteiger partial charge in [-0.3, -0.25) is 0 Å². The highest BCUT2D eigenvalue weighted by Gasteiger charge is 2.29. The number of hydrogen-bond acceptors (Lipinski definition) is 2. The van der Waals surface area contributed by atoms with Gasteiger partial charge in [-0.15, -0.1) is 0 Å². The Labute approximate surface area is 129 Å². The van der Waals surface area contributed by atoms with Gasteiger partial charge in [0, 0.05) is 11.3 Å². The van der Waals surface area contributed by atoms with Crippen LogP contribution in [-0.4, -0.2) is 17.8 Å². The smallest absolute Gasteiger partial charge is 0.422 e. The Hall–Kier alpha value is -1.46. The van der Waals surface area contributed by atoms with Crippen molar-refractivity contribution in [1.82, 2.24) is 4.98 Å². The molecular formula is C14H10Cl2F3NO. The minimum Gasteiger partial charge on any atom is -0.482 e. The van der Waals surface area contributed by atoms with Crippen LogP contribution in [0.1, 0.15) is 5.69 Å². The zero-order valence-electron chi connectivity index (χ0n) is 10.8. The van der Waals surface area contributed by atoms with Crippen LogP contribution in [0.5, 0.6) is 5.75 Å². The summed E-state index contributed by atoms with van der Waals surface area (Å²) < 4.78 is 41.7. The standard InChI is InChI=1S/C14H10Cl2F3NO/c1-8-2-5-12(21-7-14(17,18)19)13(20-8)9-3-4-10(15)11(16)6-9/h2-6H,7H2,1H3. The van der Waals surface area contributed by atoms with Gasteiger partial charge in [0.2, 0.25) is 0 Å². The van der Waals surface area contributed by atoms with Crippen molar-refractivity contribution in [3.8, 4) is 17.0 Å². The molecule has 0 saturated heterocycles. The number of halogens is 5. The Morgan fingerprint density at radius 3 is 2.43 bits per heavy atom. The number of hydrogen-bond donors (Lipinski definition) is 0. The third-order valence-corrected chi connectivity index (χ3v) is 3.32. The molecule has 1 heterocycles. The van der Waals surface area contributed by atoms with E-state index in [-0.39, 0.29) is 11.4 Å². The Balaban J connectivity index is 2.41. The van der Waals surface area contributed by atoms with E-state index >= 15 is 0 Å². The van der Waals surface area contributed by atoms with Gasteiger partial charge in [0.05, 0.1) is 10.0 Å². The summed E-state index contributed by atoms with van der Waals surface area (Å²) in [4.78, 5) is 4.22. The minimum atomic E-state index is -4.42. The van der Waals surface area contributed by atoms with Crippen LogP contribution >= 0.6 is 23.2 Å². The second-order valence-electron chi connectivity index (χ2n) is 4.33. The molecule has 0 aliphatic carbocycles. The maximum atomic E-state index is 12.3. The van der Waals surface area contributed by atoms with Gasteiger partial charge in [-0.1, -0.05) is 29.3 Å². The van der Waals surface area contributed by atoms with Gasteiger partial charge in [-0.05, 0) is 31.2 Å². The molecule has 0 fully saturated rings. The maximum absolute atomic E-state index is 12.3. The van der Waals surface area contributed by atoms with Gasteiger partial charge in [0.25, 0.3) is 0 Å². The molecule has 0 aliphatic heterocycles. The van der Waals surface area contributed by atoms with Gasteiger partial charge in [0.15, 0.2) is 6.61 Å².